The molecule has 2 aromatic carbocycles. The van der Waals surface area contributed by atoms with Gasteiger partial charge in [0.05, 0.1) is 17.0 Å². The number of benzene rings is 2. The van der Waals surface area contributed by atoms with Crippen molar-refractivity contribution >= 4 is 45.1 Å². The van der Waals surface area contributed by atoms with E-state index in [1.807, 2.05) is 34.9 Å². The molecule has 2 heterocycles. The van der Waals surface area contributed by atoms with Gasteiger partial charge in [-0.1, -0.05) is 18.2 Å². The number of aromatic nitrogens is 2. The number of anilines is 1. The summed E-state index contributed by atoms with van der Waals surface area (Å²) in [5.41, 5.74) is 1.95. The molecule has 4 rings (SSSR count). The summed E-state index contributed by atoms with van der Waals surface area (Å²) in [7, 11) is 0. The second-order valence-corrected chi connectivity index (χ2v) is 9.98. The number of rotatable bonds is 6. The molecule has 0 saturated carbocycles. The van der Waals surface area contributed by atoms with E-state index in [9.17, 15) is 24.8 Å². The molecule has 36 heavy (non-hydrogen) atoms. The number of para-hydroxylation sites is 1. The molecule has 0 radical (unpaired) electrons. The van der Waals surface area contributed by atoms with Gasteiger partial charge in [-0.05, 0) is 51.5 Å². The zero-order chi connectivity index (χ0) is 26.2. The number of hydrogen-bond donors (Lipinski definition) is 1. The molecule has 2 aromatic heterocycles. The van der Waals surface area contributed by atoms with E-state index < -0.39 is 22.6 Å². The van der Waals surface area contributed by atoms with E-state index in [-0.39, 0.29) is 23.1 Å². The van der Waals surface area contributed by atoms with Gasteiger partial charge in [-0.3, -0.25) is 10.1 Å². The fraction of sp³-hybridized carbons (Fsp3) is 0.240. The van der Waals surface area contributed by atoms with Crippen molar-refractivity contribution < 1.29 is 24.4 Å². The Morgan fingerprint density at radius 1 is 1.19 bits per heavy atom. The fourth-order valence-electron chi connectivity index (χ4n) is 3.79. The van der Waals surface area contributed by atoms with Crippen LogP contribution in [0.25, 0.3) is 16.6 Å². The number of aromatic carboxylic acids is 1. The van der Waals surface area contributed by atoms with Crippen LogP contribution in [0.5, 0.6) is 0 Å². The number of nitrogens with zero attached hydrogens (tertiary/aromatic N) is 4. The molecule has 11 heteroatoms. The molecular weight excluding hydrogens is 484 g/mol. The third-order valence-electron chi connectivity index (χ3n) is 5.30. The molecule has 0 spiro atoms. The van der Waals surface area contributed by atoms with Gasteiger partial charge in [-0.2, -0.15) is 0 Å². The van der Waals surface area contributed by atoms with Gasteiger partial charge in [-0.15, -0.1) is 11.3 Å². The minimum absolute atomic E-state index is 0.0198. The molecule has 1 N–H and O–H groups in total. The number of fused-ring (bicyclic) bond motifs is 1. The molecule has 10 nitrogen and oxygen atoms in total. The van der Waals surface area contributed by atoms with Gasteiger partial charge >= 0.3 is 12.1 Å². The van der Waals surface area contributed by atoms with E-state index in [1.54, 1.807) is 33.8 Å². The highest BCUT2D eigenvalue weighted by molar-refractivity contribution is 7.14. The van der Waals surface area contributed by atoms with Gasteiger partial charge in [-0.25, -0.2) is 19.5 Å². The number of nitro groups is 1. The third-order valence-corrected chi connectivity index (χ3v) is 6.16. The van der Waals surface area contributed by atoms with E-state index >= 15 is 0 Å². The van der Waals surface area contributed by atoms with Gasteiger partial charge < -0.3 is 14.4 Å². The molecule has 0 atom stereocenters. The average molecular weight is 509 g/mol. The Morgan fingerprint density at radius 2 is 1.92 bits per heavy atom. The summed E-state index contributed by atoms with van der Waals surface area (Å²) < 4.78 is 7.53. The van der Waals surface area contributed by atoms with Crippen LogP contribution in [-0.2, 0) is 11.3 Å². The van der Waals surface area contributed by atoms with Gasteiger partial charge in [0, 0.05) is 34.3 Å². The SMILES string of the molecule is Cc1cc([N+](=O)[O-])ccc1-n1c(CN(C(=O)OC(C)(C)C)c2nc(C(=O)O)cs2)cc2ccccc21. The zero-order valence-corrected chi connectivity index (χ0v) is 20.9. The highest BCUT2D eigenvalue weighted by atomic mass is 32.1. The van der Waals surface area contributed by atoms with Crippen molar-refractivity contribution in [2.45, 2.75) is 39.8 Å². The largest absolute Gasteiger partial charge is 0.476 e. The lowest BCUT2D eigenvalue weighted by Crippen LogP contribution is -2.37. The molecule has 4 aromatic rings. The monoisotopic (exact) mass is 508 g/mol. The lowest BCUT2D eigenvalue weighted by atomic mass is 10.1. The maximum Gasteiger partial charge on any atom is 0.417 e. The van der Waals surface area contributed by atoms with Crippen molar-refractivity contribution in [1.29, 1.82) is 0 Å². The first-order valence-corrected chi connectivity index (χ1v) is 11.9. The summed E-state index contributed by atoms with van der Waals surface area (Å²) in [4.78, 5) is 40.9. The Hall–Kier alpha value is -4.25. The van der Waals surface area contributed by atoms with Crippen molar-refractivity contribution in [3.63, 3.8) is 0 Å². The number of non-ortho nitro benzene ring substituents is 1. The quantitative estimate of drug-likeness (QED) is 0.252. The maximum absolute atomic E-state index is 13.2. The van der Waals surface area contributed by atoms with Crippen LogP contribution in [-0.4, -0.2) is 37.2 Å². The van der Waals surface area contributed by atoms with Crippen molar-refractivity contribution in [1.82, 2.24) is 9.55 Å². The van der Waals surface area contributed by atoms with Crippen LogP contribution >= 0.6 is 11.3 Å². The summed E-state index contributed by atoms with van der Waals surface area (Å²) in [6, 6.07) is 14.2. The van der Waals surface area contributed by atoms with Crippen LogP contribution in [0.15, 0.2) is 53.9 Å². The van der Waals surface area contributed by atoms with E-state index in [0.29, 0.717) is 16.9 Å². The zero-order valence-electron chi connectivity index (χ0n) is 20.1. The van der Waals surface area contributed by atoms with Crippen LogP contribution in [0.4, 0.5) is 15.6 Å². The normalized spacial score (nSPS) is 11.4. The summed E-state index contributed by atoms with van der Waals surface area (Å²) in [6.45, 7) is 7.03. The minimum Gasteiger partial charge on any atom is -0.476 e. The smallest absolute Gasteiger partial charge is 0.417 e. The van der Waals surface area contributed by atoms with E-state index in [1.165, 1.54) is 22.4 Å². The number of carbonyl (C=O) groups excluding carboxylic acids is 1. The second kappa shape index (κ2) is 9.42. The summed E-state index contributed by atoms with van der Waals surface area (Å²) in [6.07, 6.45) is -0.675. The third kappa shape index (κ3) is 5.05. The molecule has 0 fully saturated rings. The lowest BCUT2D eigenvalue weighted by Gasteiger charge is -2.26. The van der Waals surface area contributed by atoms with Gasteiger partial charge in [0.15, 0.2) is 10.8 Å². The molecule has 0 aliphatic carbocycles. The first-order valence-electron chi connectivity index (χ1n) is 11.0. The molecule has 186 valence electrons. The number of carboxylic acid groups (broad SMARTS) is 1. The number of carbonyl (C=O) groups is 2. The number of nitro benzene ring substituents is 1. The molecule has 0 unspecified atom stereocenters. The first-order chi connectivity index (χ1) is 16.9. The van der Waals surface area contributed by atoms with E-state index in [0.717, 1.165) is 22.2 Å². The van der Waals surface area contributed by atoms with Crippen LogP contribution in [0, 0.1) is 17.0 Å². The highest BCUT2D eigenvalue weighted by Gasteiger charge is 2.28. The summed E-state index contributed by atoms with van der Waals surface area (Å²) in [5.74, 6) is -1.20. The van der Waals surface area contributed by atoms with Crippen LogP contribution in [0.1, 0.15) is 42.5 Å². The second-order valence-electron chi connectivity index (χ2n) is 9.14. The van der Waals surface area contributed by atoms with Gasteiger partial charge in [0.1, 0.15) is 5.60 Å². The average Bonchev–Trinajstić information content (AvgIpc) is 3.41. The number of carboxylic acids is 1. The number of ether oxygens (including phenoxy) is 1. The Kier molecular flexibility index (Phi) is 6.51. The Morgan fingerprint density at radius 3 is 2.53 bits per heavy atom. The number of amides is 1. The molecule has 0 saturated heterocycles. The molecular formula is C25H24N4O6S. The minimum atomic E-state index is -1.20. The molecule has 0 aliphatic heterocycles. The Labute approximate surface area is 210 Å². The predicted octanol–water partition coefficient (Wildman–Crippen LogP) is 5.94. The molecule has 1 amide bonds. The fourth-order valence-corrected chi connectivity index (χ4v) is 4.58. The van der Waals surface area contributed by atoms with Crippen molar-refractivity contribution in [3.8, 4) is 5.69 Å². The highest BCUT2D eigenvalue weighted by Crippen LogP contribution is 2.31. The van der Waals surface area contributed by atoms with Crippen LogP contribution < -0.4 is 4.90 Å². The van der Waals surface area contributed by atoms with E-state index in [2.05, 4.69) is 4.98 Å². The predicted molar refractivity (Wildman–Crippen MR) is 136 cm³/mol. The maximum atomic E-state index is 13.2. The topological polar surface area (TPSA) is 128 Å². The number of aryl methyl sites for hydroxylation is 1. The van der Waals surface area contributed by atoms with Crippen LogP contribution in [0.2, 0.25) is 0 Å². The lowest BCUT2D eigenvalue weighted by molar-refractivity contribution is -0.384. The molecule has 0 bridgehead atoms. The van der Waals surface area contributed by atoms with Crippen molar-refractivity contribution in [3.05, 3.63) is 81.0 Å². The van der Waals surface area contributed by atoms with Crippen molar-refractivity contribution in [2.75, 3.05) is 4.90 Å². The summed E-state index contributed by atoms with van der Waals surface area (Å²) >= 11 is 1.03. The first kappa shape index (κ1) is 24.9. The molecule has 0 aliphatic rings. The Bertz CT molecular complexity index is 1480. The number of thiazole rings is 1. The Balaban J connectivity index is 1.86. The van der Waals surface area contributed by atoms with Gasteiger partial charge in [0.2, 0.25) is 0 Å². The van der Waals surface area contributed by atoms with Gasteiger partial charge in [0.25, 0.3) is 5.69 Å². The summed E-state index contributed by atoms with van der Waals surface area (Å²) in [5, 5.41) is 23.0. The van der Waals surface area contributed by atoms with Crippen LogP contribution in [0.3, 0.4) is 0 Å². The van der Waals surface area contributed by atoms with E-state index in [4.69, 9.17) is 4.74 Å². The van der Waals surface area contributed by atoms with Crippen molar-refractivity contribution in [2.24, 2.45) is 0 Å². The standard InChI is InChI=1S/C25H24N4O6S/c1-15-11-17(29(33)34)9-10-20(15)28-18(12-16-7-5-6-8-21(16)28)13-27(24(32)35-25(2,3)4)23-26-19(14-36-23)22(30)31/h5-12,14H,13H2,1-4H3,(H,30,31). The number of hydrogen-bond acceptors (Lipinski definition) is 7.